The average Bonchev–Trinajstić information content (AvgIpc) is 3.21. The predicted octanol–water partition coefficient (Wildman–Crippen LogP) is 5.75. The molecule has 5 rings (SSSR count). The second-order valence-corrected chi connectivity index (χ2v) is 7.24. The number of hydrogen-bond donors (Lipinski definition) is 0. The number of fused-ring (bicyclic) bond motifs is 1. The molecule has 140 valence electrons. The minimum Gasteiger partial charge on any atom is -0.289 e. The van der Waals surface area contributed by atoms with E-state index in [4.69, 9.17) is 5.10 Å². The van der Waals surface area contributed by atoms with Crippen molar-refractivity contribution in [3.8, 4) is 16.9 Å². The summed E-state index contributed by atoms with van der Waals surface area (Å²) in [6, 6.07) is 28.1. The normalized spacial score (nSPS) is 14.8. The van der Waals surface area contributed by atoms with Crippen molar-refractivity contribution in [3.63, 3.8) is 0 Å². The van der Waals surface area contributed by atoms with Crippen LogP contribution in [0.1, 0.15) is 27.9 Å². The molecule has 0 saturated carbocycles. The zero-order chi connectivity index (χ0) is 19.6. The molecule has 3 nitrogen and oxygen atoms in total. The van der Waals surface area contributed by atoms with Crippen molar-refractivity contribution in [2.24, 2.45) is 0 Å². The number of benzene rings is 3. The maximum atomic E-state index is 13.1. The van der Waals surface area contributed by atoms with Crippen molar-refractivity contribution < 1.29 is 4.79 Å². The lowest BCUT2D eigenvalue weighted by molar-refractivity contribution is 0.102. The van der Waals surface area contributed by atoms with Crippen LogP contribution in [-0.4, -0.2) is 15.6 Å². The fourth-order valence-electron chi connectivity index (χ4n) is 3.87. The van der Waals surface area contributed by atoms with E-state index < -0.39 is 0 Å². The molecule has 0 fully saturated rings. The van der Waals surface area contributed by atoms with E-state index in [0.717, 1.165) is 52.0 Å². The van der Waals surface area contributed by atoms with Crippen molar-refractivity contribution in [3.05, 3.63) is 113 Å². The molecule has 3 heteroatoms. The minimum atomic E-state index is 0.123. The van der Waals surface area contributed by atoms with Gasteiger partial charge in [-0.05, 0) is 36.6 Å². The smallest absolute Gasteiger partial charge is 0.189 e. The molecule has 1 aliphatic carbocycles. The third-order valence-electron chi connectivity index (χ3n) is 5.36. The summed E-state index contributed by atoms with van der Waals surface area (Å²) in [6.07, 6.45) is 5.67. The second kappa shape index (κ2) is 7.36. The zero-order valence-corrected chi connectivity index (χ0v) is 16.0. The van der Waals surface area contributed by atoms with Crippen LogP contribution < -0.4 is 0 Å². The fraction of sp³-hybridized carbons (Fsp3) is 0.0769. The van der Waals surface area contributed by atoms with E-state index in [0.29, 0.717) is 0 Å². The summed E-state index contributed by atoms with van der Waals surface area (Å²) in [7, 11) is 0. The van der Waals surface area contributed by atoms with E-state index >= 15 is 0 Å². The van der Waals surface area contributed by atoms with Crippen molar-refractivity contribution in [1.82, 2.24) is 9.78 Å². The van der Waals surface area contributed by atoms with E-state index in [1.165, 1.54) is 0 Å². The van der Waals surface area contributed by atoms with Crippen molar-refractivity contribution in [2.45, 2.75) is 12.8 Å². The molecule has 1 aromatic heterocycles. The first-order chi connectivity index (χ1) is 14.3. The van der Waals surface area contributed by atoms with Gasteiger partial charge in [0.15, 0.2) is 5.78 Å². The van der Waals surface area contributed by atoms with E-state index in [2.05, 4.69) is 12.1 Å². The van der Waals surface area contributed by atoms with Gasteiger partial charge < -0.3 is 0 Å². The maximum Gasteiger partial charge on any atom is 0.189 e. The third kappa shape index (κ3) is 3.32. The molecular weight excluding hydrogens is 356 g/mol. The van der Waals surface area contributed by atoms with Gasteiger partial charge in [-0.25, -0.2) is 4.68 Å². The van der Waals surface area contributed by atoms with Crippen LogP contribution in [0.4, 0.5) is 0 Å². The van der Waals surface area contributed by atoms with Crippen LogP contribution in [0, 0.1) is 0 Å². The number of aryl methyl sites for hydroxylation is 1. The van der Waals surface area contributed by atoms with Gasteiger partial charge in [0.1, 0.15) is 0 Å². The van der Waals surface area contributed by atoms with Crippen molar-refractivity contribution in [2.75, 3.05) is 0 Å². The highest BCUT2D eigenvalue weighted by Gasteiger charge is 2.22. The molecule has 0 saturated heterocycles. The first-order valence-corrected chi connectivity index (χ1v) is 9.83. The Kier molecular flexibility index (Phi) is 4.41. The quantitative estimate of drug-likeness (QED) is 0.427. The molecule has 0 amide bonds. The maximum absolute atomic E-state index is 13.1. The molecular formula is C26H20N2O. The zero-order valence-electron chi connectivity index (χ0n) is 16.0. The molecule has 3 aromatic carbocycles. The van der Waals surface area contributed by atoms with Crippen molar-refractivity contribution in [1.29, 1.82) is 0 Å². The van der Waals surface area contributed by atoms with Crippen LogP contribution in [0.5, 0.6) is 0 Å². The summed E-state index contributed by atoms with van der Waals surface area (Å²) in [5.74, 6) is 0.123. The molecule has 0 bridgehead atoms. The van der Waals surface area contributed by atoms with Gasteiger partial charge in [0, 0.05) is 28.5 Å². The topological polar surface area (TPSA) is 34.9 Å². The van der Waals surface area contributed by atoms with Gasteiger partial charge in [-0.2, -0.15) is 5.10 Å². The largest absolute Gasteiger partial charge is 0.289 e. The van der Waals surface area contributed by atoms with Crippen LogP contribution in [0.2, 0.25) is 0 Å². The highest BCUT2D eigenvalue weighted by molar-refractivity contribution is 6.13. The number of rotatable bonds is 3. The Bertz CT molecular complexity index is 1200. The van der Waals surface area contributed by atoms with Crippen LogP contribution in [0.3, 0.4) is 0 Å². The third-order valence-corrected chi connectivity index (χ3v) is 5.36. The number of ketones is 1. The van der Waals surface area contributed by atoms with Crippen LogP contribution >= 0.6 is 0 Å². The number of para-hydroxylation sites is 1. The molecule has 0 N–H and O–H groups in total. The van der Waals surface area contributed by atoms with E-state index in [9.17, 15) is 4.79 Å². The number of nitrogens with zero attached hydrogens (tertiary/aromatic N) is 2. The first kappa shape index (κ1) is 17.4. The summed E-state index contributed by atoms with van der Waals surface area (Å²) >= 11 is 0. The average molecular weight is 376 g/mol. The Morgan fingerprint density at radius 2 is 1.48 bits per heavy atom. The summed E-state index contributed by atoms with van der Waals surface area (Å²) in [6.45, 7) is 0. The highest BCUT2D eigenvalue weighted by atomic mass is 16.1. The minimum absolute atomic E-state index is 0.123. The van der Waals surface area contributed by atoms with Gasteiger partial charge in [-0.1, -0.05) is 72.8 Å². The Hall–Kier alpha value is -3.72. The van der Waals surface area contributed by atoms with Gasteiger partial charge in [-0.3, -0.25) is 4.79 Å². The van der Waals surface area contributed by atoms with Gasteiger partial charge in [0.25, 0.3) is 0 Å². The number of carbonyl (C=O) groups excluding carboxylic acids is 1. The van der Waals surface area contributed by atoms with Crippen LogP contribution in [0.25, 0.3) is 23.0 Å². The standard InChI is InChI=1S/C26H20N2O/c29-26-21(16-15-19-9-7-8-14-24(19)26)17-22-18-28(23-12-5-2-6-13-23)27-25(22)20-10-3-1-4-11-20/h1-14,17-18H,15-16H2/b21-17+. The van der Waals surface area contributed by atoms with Gasteiger partial charge in [-0.15, -0.1) is 0 Å². The number of allylic oxidation sites excluding steroid dienone is 1. The number of carbonyl (C=O) groups is 1. The van der Waals surface area contributed by atoms with E-state index in [1.54, 1.807) is 0 Å². The molecule has 0 radical (unpaired) electrons. The molecule has 0 aliphatic heterocycles. The first-order valence-electron chi connectivity index (χ1n) is 9.83. The Balaban J connectivity index is 1.62. The molecule has 0 spiro atoms. The van der Waals surface area contributed by atoms with E-state index in [-0.39, 0.29) is 5.78 Å². The van der Waals surface area contributed by atoms with Gasteiger partial charge in [0.2, 0.25) is 0 Å². The van der Waals surface area contributed by atoms with Crippen LogP contribution in [0.15, 0.2) is 96.7 Å². The van der Waals surface area contributed by atoms with Crippen LogP contribution in [-0.2, 0) is 6.42 Å². The predicted molar refractivity (Wildman–Crippen MR) is 116 cm³/mol. The lowest BCUT2D eigenvalue weighted by Gasteiger charge is -2.17. The SMILES string of the molecule is O=C1/C(=C/c2cn(-c3ccccc3)nc2-c2ccccc2)CCc2ccccc21. The molecule has 0 unspecified atom stereocenters. The van der Waals surface area contributed by atoms with Gasteiger partial charge in [0.05, 0.1) is 11.4 Å². The molecule has 4 aromatic rings. The number of aromatic nitrogens is 2. The highest BCUT2D eigenvalue weighted by Crippen LogP contribution is 2.30. The summed E-state index contributed by atoms with van der Waals surface area (Å²) in [4.78, 5) is 13.1. The Labute approximate surface area is 170 Å². The lowest BCUT2D eigenvalue weighted by atomic mass is 9.86. The van der Waals surface area contributed by atoms with Gasteiger partial charge >= 0.3 is 0 Å². The number of Topliss-reactive ketones (excluding diaryl/α,β-unsaturated/α-hetero) is 1. The lowest BCUT2D eigenvalue weighted by Crippen LogP contribution is -2.13. The summed E-state index contributed by atoms with van der Waals surface area (Å²) < 4.78 is 1.88. The monoisotopic (exact) mass is 376 g/mol. The second-order valence-electron chi connectivity index (χ2n) is 7.24. The molecule has 1 heterocycles. The molecule has 29 heavy (non-hydrogen) atoms. The summed E-state index contributed by atoms with van der Waals surface area (Å²) in [5.41, 5.74) is 6.68. The van der Waals surface area contributed by atoms with E-state index in [1.807, 2.05) is 89.8 Å². The fourth-order valence-corrected chi connectivity index (χ4v) is 3.87. The Morgan fingerprint density at radius 3 is 2.28 bits per heavy atom. The summed E-state index contributed by atoms with van der Waals surface area (Å²) in [5, 5.41) is 4.85. The number of hydrogen-bond acceptors (Lipinski definition) is 2. The molecule has 1 aliphatic rings. The Morgan fingerprint density at radius 1 is 0.793 bits per heavy atom. The van der Waals surface area contributed by atoms with Crippen molar-refractivity contribution >= 4 is 11.9 Å². The molecule has 0 atom stereocenters.